The van der Waals surface area contributed by atoms with Gasteiger partial charge in [-0.05, 0) is 0 Å². The highest BCUT2D eigenvalue weighted by atomic mass is 19.1. The molecule has 1 rings (SSSR count). The predicted molar refractivity (Wildman–Crippen MR) is 21.9 cm³/mol. The van der Waals surface area contributed by atoms with Gasteiger partial charge in [0, 0.05) is 0 Å². The first kappa shape index (κ1) is 5.08. The zero-order chi connectivity index (χ0) is 5.98. The molecular formula is C4H2F2N2. The standard InChI is InChI=1S/C4H2F2N2/c5-3-1-7-4(6)2-8-3/h1-2H. The van der Waals surface area contributed by atoms with E-state index in [1.807, 2.05) is 0 Å². The number of hydrogen-bond donors (Lipinski definition) is 0. The molecule has 2 nitrogen and oxygen atoms in total. The van der Waals surface area contributed by atoms with E-state index in [4.69, 9.17) is 0 Å². The van der Waals surface area contributed by atoms with E-state index in [0.717, 1.165) is 12.4 Å². The topological polar surface area (TPSA) is 25.8 Å². The van der Waals surface area contributed by atoms with Crippen LogP contribution in [0, 0.1) is 11.9 Å². The summed E-state index contributed by atoms with van der Waals surface area (Å²) in [5, 5.41) is 0. The zero-order valence-electron chi connectivity index (χ0n) is 3.81. The second-order valence-corrected chi connectivity index (χ2v) is 1.16. The lowest BCUT2D eigenvalue weighted by Gasteiger charge is -1.82. The zero-order valence-corrected chi connectivity index (χ0v) is 3.81. The van der Waals surface area contributed by atoms with Crippen molar-refractivity contribution in [3.63, 3.8) is 0 Å². The van der Waals surface area contributed by atoms with Crippen molar-refractivity contribution < 1.29 is 8.78 Å². The highest BCUT2D eigenvalue weighted by molar-refractivity contribution is 4.78. The maximum absolute atomic E-state index is 11.7. The molecule has 0 atom stereocenters. The van der Waals surface area contributed by atoms with Gasteiger partial charge in [0.25, 0.3) is 0 Å². The number of hydrogen-bond acceptors (Lipinski definition) is 2. The third kappa shape index (κ3) is 0.959. The Bertz CT molecular complexity index is 151. The van der Waals surface area contributed by atoms with Crippen LogP contribution in [0.5, 0.6) is 0 Å². The van der Waals surface area contributed by atoms with Crippen molar-refractivity contribution in [2.75, 3.05) is 0 Å². The Labute approximate surface area is 44.2 Å². The van der Waals surface area contributed by atoms with Crippen molar-refractivity contribution in [3.05, 3.63) is 24.3 Å². The van der Waals surface area contributed by atoms with Gasteiger partial charge >= 0.3 is 0 Å². The minimum absolute atomic E-state index is 0.718. The van der Waals surface area contributed by atoms with Crippen LogP contribution in [0.25, 0.3) is 0 Å². The van der Waals surface area contributed by atoms with Crippen LogP contribution in [0.4, 0.5) is 8.78 Å². The Morgan fingerprint density at radius 3 is 1.62 bits per heavy atom. The lowest BCUT2D eigenvalue weighted by atomic mass is 10.7. The van der Waals surface area contributed by atoms with Crippen molar-refractivity contribution in [3.8, 4) is 0 Å². The van der Waals surface area contributed by atoms with Crippen molar-refractivity contribution in [2.45, 2.75) is 0 Å². The molecule has 0 saturated carbocycles. The number of halogens is 2. The summed E-state index contributed by atoms with van der Waals surface area (Å²) in [7, 11) is 0. The monoisotopic (exact) mass is 116 g/mol. The van der Waals surface area contributed by atoms with Crippen LogP contribution in [0.2, 0.25) is 0 Å². The van der Waals surface area contributed by atoms with Gasteiger partial charge in [0.1, 0.15) is 0 Å². The molecule has 0 aliphatic rings. The molecule has 0 saturated heterocycles. The third-order valence-corrected chi connectivity index (χ3v) is 0.589. The number of rotatable bonds is 0. The van der Waals surface area contributed by atoms with Crippen molar-refractivity contribution in [2.24, 2.45) is 0 Å². The Hall–Kier alpha value is -1.06. The molecule has 0 aliphatic carbocycles. The third-order valence-electron chi connectivity index (χ3n) is 0.589. The molecule has 1 aromatic heterocycles. The summed E-state index contributed by atoms with van der Waals surface area (Å²) in [6.45, 7) is 0. The molecule has 8 heavy (non-hydrogen) atoms. The predicted octanol–water partition coefficient (Wildman–Crippen LogP) is 0.755. The van der Waals surface area contributed by atoms with Crippen molar-refractivity contribution in [1.29, 1.82) is 0 Å². The van der Waals surface area contributed by atoms with Crippen LogP contribution >= 0.6 is 0 Å². The summed E-state index contributed by atoms with van der Waals surface area (Å²) in [4.78, 5) is 5.95. The summed E-state index contributed by atoms with van der Waals surface area (Å²) < 4.78 is 23.5. The van der Waals surface area contributed by atoms with Crippen LogP contribution < -0.4 is 0 Å². The first-order chi connectivity index (χ1) is 3.79. The molecule has 0 spiro atoms. The summed E-state index contributed by atoms with van der Waals surface area (Å²) in [6, 6.07) is 0. The first-order valence-corrected chi connectivity index (χ1v) is 1.92. The second kappa shape index (κ2) is 1.81. The summed E-state index contributed by atoms with van der Waals surface area (Å²) in [6.07, 6.45) is 1.44. The summed E-state index contributed by atoms with van der Waals surface area (Å²) in [5.74, 6) is -1.54. The van der Waals surface area contributed by atoms with E-state index in [0.29, 0.717) is 0 Å². The summed E-state index contributed by atoms with van der Waals surface area (Å²) in [5.41, 5.74) is 0. The lowest BCUT2D eigenvalue weighted by molar-refractivity contribution is 0.528. The molecule has 0 fully saturated rings. The SMILES string of the molecule is Fc1cnc(F)cn1. The minimum Gasteiger partial charge on any atom is -0.222 e. The highest BCUT2D eigenvalue weighted by Gasteiger charge is 1.89. The van der Waals surface area contributed by atoms with E-state index >= 15 is 0 Å². The van der Waals surface area contributed by atoms with E-state index < -0.39 is 11.9 Å². The molecule has 4 heteroatoms. The number of aromatic nitrogens is 2. The van der Waals surface area contributed by atoms with Gasteiger partial charge < -0.3 is 0 Å². The van der Waals surface area contributed by atoms with E-state index in [-0.39, 0.29) is 0 Å². The molecular weight excluding hydrogens is 114 g/mol. The molecule has 0 aromatic carbocycles. The smallest absolute Gasteiger partial charge is 0.222 e. The van der Waals surface area contributed by atoms with Crippen LogP contribution in [0.3, 0.4) is 0 Å². The fourth-order valence-corrected chi connectivity index (χ4v) is 0.297. The molecule has 0 aliphatic heterocycles. The molecule has 0 unspecified atom stereocenters. The Morgan fingerprint density at radius 1 is 1.00 bits per heavy atom. The molecule has 1 aromatic rings. The van der Waals surface area contributed by atoms with Crippen LogP contribution in [-0.4, -0.2) is 9.97 Å². The van der Waals surface area contributed by atoms with Gasteiger partial charge in [-0.25, -0.2) is 9.97 Å². The molecule has 0 radical (unpaired) electrons. The molecule has 1 heterocycles. The van der Waals surface area contributed by atoms with Gasteiger partial charge in [0.05, 0.1) is 12.4 Å². The normalized spacial score (nSPS) is 9.25. The van der Waals surface area contributed by atoms with Crippen LogP contribution in [-0.2, 0) is 0 Å². The van der Waals surface area contributed by atoms with Crippen LogP contribution in [0.15, 0.2) is 12.4 Å². The van der Waals surface area contributed by atoms with E-state index in [9.17, 15) is 8.78 Å². The minimum atomic E-state index is -0.772. The van der Waals surface area contributed by atoms with Gasteiger partial charge in [-0.3, -0.25) is 0 Å². The summed E-state index contributed by atoms with van der Waals surface area (Å²) >= 11 is 0. The number of nitrogens with zero attached hydrogens (tertiary/aromatic N) is 2. The average molecular weight is 116 g/mol. The van der Waals surface area contributed by atoms with E-state index in [2.05, 4.69) is 9.97 Å². The van der Waals surface area contributed by atoms with E-state index in [1.54, 1.807) is 0 Å². The Balaban J connectivity index is 3.03. The Kier molecular flexibility index (Phi) is 1.15. The van der Waals surface area contributed by atoms with Gasteiger partial charge in [-0.1, -0.05) is 0 Å². The largest absolute Gasteiger partial charge is 0.231 e. The fraction of sp³-hybridized carbons (Fsp3) is 0. The van der Waals surface area contributed by atoms with Crippen molar-refractivity contribution >= 4 is 0 Å². The molecule has 0 N–H and O–H groups in total. The molecule has 42 valence electrons. The van der Waals surface area contributed by atoms with Gasteiger partial charge in [-0.15, -0.1) is 0 Å². The molecule has 0 bridgehead atoms. The van der Waals surface area contributed by atoms with Gasteiger partial charge in [0.2, 0.25) is 11.9 Å². The second-order valence-electron chi connectivity index (χ2n) is 1.16. The van der Waals surface area contributed by atoms with Crippen LogP contribution in [0.1, 0.15) is 0 Å². The maximum Gasteiger partial charge on any atom is 0.231 e. The first-order valence-electron chi connectivity index (χ1n) is 1.92. The van der Waals surface area contributed by atoms with Gasteiger partial charge in [-0.2, -0.15) is 8.78 Å². The highest BCUT2D eigenvalue weighted by Crippen LogP contribution is 1.88. The fourth-order valence-electron chi connectivity index (χ4n) is 0.297. The average Bonchev–Trinajstić information content (AvgIpc) is 1.77. The Morgan fingerprint density at radius 2 is 1.38 bits per heavy atom. The van der Waals surface area contributed by atoms with E-state index in [1.165, 1.54) is 0 Å². The van der Waals surface area contributed by atoms with Crippen molar-refractivity contribution in [1.82, 2.24) is 9.97 Å². The van der Waals surface area contributed by atoms with Gasteiger partial charge in [0.15, 0.2) is 0 Å². The lowest BCUT2D eigenvalue weighted by Crippen LogP contribution is -1.86. The molecule has 0 amide bonds. The quantitative estimate of drug-likeness (QED) is 0.500. The maximum atomic E-state index is 11.7.